The van der Waals surface area contributed by atoms with Gasteiger partial charge in [0.25, 0.3) is 11.8 Å². The molecular weight excluding hydrogens is 349 g/mol. The van der Waals surface area contributed by atoms with E-state index in [1.165, 1.54) is 13.2 Å². The molecule has 122 valence electrons. The highest BCUT2D eigenvalue weighted by atomic mass is 35.5. The monoisotopic (exact) mass is 361 g/mol. The van der Waals surface area contributed by atoms with E-state index in [0.717, 1.165) is 10.5 Å². The number of nitrogens with zero attached hydrogens (tertiary/aromatic N) is 1. The summed E-state index contributed by atoms with van der Waals surface area (Å²) in [6.45, 7) is 1.94. The van der Waals surface area contributed by atoms with Gasteiger partial charge in [-0.25, -0.2) is 4.90 Å². The molecule has 0 N–H and O–H groups in total. The van der Waals surface area contributed by atoms with Gasteiger partial charge < -0.3 is 4.74 Å². The lowest BCUT2D eigenvalue weighted by molar-refractivity contribution is -0.119. The van der Waals surface area contributed by atoms with Gasteiger partial charge in [-0.3, -0.25) is 9.59 Å². The Balaban J connectivity index is 2.09. The molecule has 1 aliphatic rings. The maximum Gasteiger partial charge on any atom is 0.277 e. The molecule has 24 heavy (non-hydrogen) atoms. The average Bonchev–Trinajstić information content (AvgIpc) is 2.78. The van der Waals surface area contributed by atoms with Crippen molar-refractivity contribution >= 4 is 46.3 Å². The summed E-state index contributed by atoms with van der Waals surface area (Å²) >= 11 is 12.2. The summed E-state index contributed by atoms with van der Waals surface area (Å²) in [4.78, 5) is 26.4. The van der Waals surface area contributed by atoms with E-state index in [2.05, 4.69) is 0 Å². The van der Waals surface area contributed by atoms with Gasteiger partial charge in [0.15, 0.2) is 0 Å². The molecule has 0 saturated heterocycles. The van der Waals surface area contributed by atoms with Crippen molar-refractivity contribution in [1.82, 2.24) is 0 Å². The molecule has 2 aromatic carbocycles. The summed E-state index contributed by atoms with van der Waals surface area (Å²) in [6, 6.07) is 11.9. The van der Waals surface area contributed by atoms with E-state index in [4.69, 9.17) is 27.9 Å². The molecule has 1 aliphatic heterocycles. The molecule has 1 heterocycles. The van der Waals surface area contributed by atoms with Crippen molar-refractivity contribution in [3.8, 4) is 5.75 Å². The van der Waals surface area contributed by atoms with Crippen LogP contribution in [0, 0.1) is 6.92 Å². The summed E-state index contributed by atoms with van der Waals surface area (Å²) in [5, 5.41) is 0.261. The van der Waals surface area contributed by atoms with Gasteiger partial charge in [0.1, 0.15) is 10.8 Å². The Kier molecular flexibility index (Phi) is 4.35. The van der Waals surface area contributed by atoms with Crippen molar-refractivity contribution in [1.29, 1.82) is 0 Å². The van der Waals surface area contributed by atoms with Crippen LogP contribution in [0.1, 0.15) is 11.1 Å². The van der Waals surface area contributed by atoms with Crippen LogP contribution in [0.15, 0.2) is 47.5 Å². The highest BCUT2D eigenvalue weighted by Gasteiger charge is 2.40. The first-order valence-corrected chi connectivity index (χ1v) is 7.88. The molecule has 0 atom stereocenters. The molecular formula is C18H13Cl2NO3. The van der Waals surface area contributed by atoms with Gasteiger partial charge in [0, 0.05) is 5.02 Å². The van der Waals surface area contributed by atoms with Crippen molar-refractivity contribution < 1.29 is 14.3 Å². The number of halogens is 2. The normalized spacial score (nSPS) is 14.6. The van der Waals surface area contributed by atoms with Gasteiger partial charge >= 0.3 is 0 Å². The number of ether oxygens (including phenoxy) is 1. The van der Waals surface area contributed by atoms with E-state index >= 15 is 0 Å². The Morgan fingerprint density at radius 3 is 2.25 bits per heavy atom. The number of carbonyl (C=O) groups is 2. The van der Waals surface area contributed by atoms with Gasteiger partial charge in [-0.1, -0.05) is 53.0 Å². The predicted molar refractivity (Wildman–Crippen MR) is 94.4 cm³/mol. The number of imide groups is 1. The molecule has 0 fully saturated rings. The zero-order valence-corrected chi connectivity index (χ0v) is 14.5. The average molecular weight is 362 g/mol. The minimum absolute atomic E-state index is 0.120. The van der Waals surface area contributed by atoms with Crippen LogP contribution in [0.25, 0.3) is 5.57 Å². The Bertz CT molecular complexity index is 872. The summed E-state index contributed by atoms with van der Waals surface area (Å²) in [5.74, 6) is -0.747. The van der Waals surface area contributed by atoms with E-state index in [-0.39, 0.29) is 16.3 Å². The van der Waals surface area contributed by atoms with Crippen LogP contribution in [0.5, 0.6) is 5.75 Å². The zero-order valence-electron chi connectivity index (χ0n) is 13.0. The smallest absolute Gasteiger partial charge is 0.277 e. The second-order valence-corrected chi connectivity index (χ2v) is 6.13. The molecule has 0 spiro atoms. The van der Waals surface area contributed by atoms with Gasteiger partial charge in [0.05, 0.1) is 18.4 Å². The third-order valence-corrected chi connectivity index (χ3v) is 4.34. The number of methoxy groups -OCH3 is 1. The molecule has 0 saturated carbocycles. The van der Waals surface area contributed by atoms with Crippen LogP contribution in [0.2, 0.25) is 5.02 Å². The van der Waals surface area contributed by atoms with Crippen molar-refractivity contribution in [3.63, 3.8) is 0 Å². The predicted octanol–water partition coefficient (Wildman–Crippen LogP) is 4.18. The fourth-order valence-corrected chi connectivity index (χ4v) is 2.97. The second kappa shape index (κ2) is 6.30. The standard InChI is InChI=1S/C18H13Cl2NO3/c1-10-3-5-11(6-4-10)15-16(20)18(23)21(17(15)22)13-9-12(19)7-8-14(13)24-2/h3-9H,1-2H3. The highest BCUT2D eigenvalue weighted by Crippen LogP contribution is 2.39. The van der Waals surface area contributed by atoms with Gasteiger partial charge in [-0.15, -0.1) is 0 Å². The first kappa shape index (κ1) is 16.6. The number of carbonyl (C=O) groups excluding carboxylic acids is 2. The number of benzene rings is 2. The Morgan fingerprint density at radius 2 is 1.62 bits per heavy atom. The van der Waals surface area contributed by atoms with Crippen molar-refractivity contribution in [2.24, 2.45) is 0 Å². The van der Waals surface area contributed by atoms with Crippen LogP contribution in [0.3, 0.4) is 0 Å². The summed E-state index contributed by atoms with van der Waals surface area (Å²) in [6.07, 6.45) is 0. The quantitative estimate of drug-likeness (QED) is 0.770. The van der Waals surface area contributed by atoms with Crippen LogP contribution in [-0.4, -0.2) is 18.9 Å². The lowest BCUT2D eigenvalue weighted by Crippen LogP contribution is -2.31. The van der Waals surface area contributed by atoms with E-state index in [9.17, 15) is 9.59 Å². The second-order valence-electron chi connectivity index (χ2n) is 5.32. The van der Waals surface area contributed by atoms with Gasteiger partial charge in [-0.05, 0) is 30.7 Å². The van der Waals surface area contributed by atoms with Crippen LogP contribution in [0.4, 0.5) is 5.69 Å². The first-order chi connectivity index (χ1) is 11.4. The largest absolute Gasteiger partial charge is 0.495 e. The minimum Gasteiger partial charge on any atom is -0.495 e. The maximum absolute atomic E-state index is 12.9. The fourth-order valence-electron chi connectivity index (χ4n) is 2.53. The van der Waals surface area contributed by atoms with E-state index in [1.807, 2.05) is 19.1 Å². The third-order valence-electron chi connectivity index (χ3n) is 3.75. The number of aryl methyl sites for hydroxylation is 1. The Morgan fingerprint density at radius 1 is 0.958 bits per heavy atom. The molecule has 0 unspecified atom stereocenters. The number of anilines is 1. The molecule has 0 aliphatic carbocycles. The summed E-state index contributed by atoms with van der Waals surface area (Å²) in [5.41, 5.74) is 2.07. The topological polar surface area (TPSA) is 46.6 Å². The molecule has 0 bridgehead atoms. The molecule has 2 aromatic rings. The lowest BCUT2D eigenvalue weighted by atomic mass is 10.0. The van der Waals surface area contributed by atoms with Crippen LogP contribution >= 0.6 is 23.2 Å². The molecule has 0 radical (unpaired) electrons. The summed E-state index contributed by atoms with van der Waals surface area (Å²) < 4.78 is 5.23. The Hall–Kier alpha value is -2.30. The molecule has 6 heteroatoms. The zero-order chi connectivity index (χ0) is 17.4. The fraction of sp³-hybridized carbons (Fsp3) is 0.111. The van der Waals surface area contributed by atoms with Gasteiger partial charge in [0.2, 0.25) is 0 Å². The molecule has 2 amide bonds. The molecule has 0 aromatic heterocycles. The van der Waals surface area contributed by atoms with E-state index in [0.29, 0.717) is 16.3 Å². The number of amides is 2. The molecule has 4 nitrogen and oxygen atoms in total. The van der Waals surface area contributed by atoms with E-state index < -0.39 is 11.8 Å². The van der Waals surface area contributed by atoms with Crippen molar-refractivity contribution in [3.05, 3.63) is 63.6 Å². The number of rotatable bonds is 3. The third kappa shape index (κ3) is 2.68. The number of hydrogen-bond acceptors (Lipinski definition) is 3. The minimum atomic E-state index is -0.599. The SMILES string of the molecule is COc1ccc(Cl)cc1N1C(=O)C(Cl)=C(c2ccc(C)cc2)C1=O. The number of hydrogen-bond donors (Lipinski definition) is 0. The Labute approximate surface area is 149 Å². The van der Waals surface area contributed by atoms with Crippen LogP contribution < -0.4 is 9.64 Å². The maximum atomic E-state index is 12.9. The van der Waals surface area contributed by atoms with Crippen LogP contribution in [-0.2, 0) is 9.59 Å². The molecule has 3 rings (SSSR count). The highest BCUT2D eigenvalue weighted by molar-refractivity contribution is 6.60. The van der Waals surface area contributed by atoms with Gasteiger partial charge in [-0.2, -0.15) is 0 Å². The first-order valence-electron chi connectivity index (χ1n) is 7.13. The lowest BCUT2D eigenvalue weighted by Gasteiger charge is -2.18. The summed E-state index contributed by atoms with van der Waals surface area (Å²) in [7, 11) is 1.45. The van der Waals surface area contributed by atoms with Crippen molar-refractivity contribution in [2.75, 3.05) is 12.0 Å². The van der Waals surface area contributed by atoms with E-state index in [1.54, 1.807) is 24.3 Å². The van der Waals surface area contributed by atoms with Crippen molar-refractivity contribution in [2.45, 2.75) is 6.92 Å².